The van der Waals surface area contributed by atoms with Crippen molar-refractivity contribution in [3.8, 4) is 22.5 Å². The van der Waals surface area contributed by atoms with Gasteiger partial charge in [0.2, 0.25) is 47.3 Å². The lowest BCUT2D eigenvalue weighted by molar-refractivity contribution is -0.141. The van der Waals surface area contributed by atoms with E-state index in [2.05, 4.69) is 43.7 Å². The number of fused-ring (bicyclic) bond motifs is 10. The molecule has 2 aliphatic carbocycles. The maximum Gasteiger partial charge on any atom is 0.501 e. The topological polar surface area (TPSA) is 320 Å². The maximum absolute atomic E-state index is 14.1. The number of allylic oxidation sites excluding steroid dienone is 2. The number of anilines is 1. The first-order chi connectivity index (χ1) is 42.1. The fourth-order valence-electron chi connectivity index (χ4n) is 12.4. The average molecular weight is 1240 g/mol. The minimum absolute atomic E-state index is 0.00264. The number of carbonyl (C=O) groups excluding carboxylic acids is 8. The van der Waals surface area contributed by atoms with E-state index in [1.165, 1.54) is 4.90 Å². The van der Waals surface area contributed by atoms with Crippen LogP contribution in [0.25, 0.3) is 22.5 Å². The van der Waals surface area contributed by atoms with E-state index in [0.29, 0.717) is 55.3 Å². The predicted octanol–water partition coefficient (Wildman–Crippen LogP) is 4.55. The van der Waals surface area contributed by atoms with Crippen LogP contribution in [0, 0.1) is 35.5 Å². The van der Waals surface area contributed by atoms with Crippen LogP contribution < -0.4 is 37.6 Å². The van der Waals surface area contributed by atoms with Crippen LogP contribution in [-0.2, 0) is 74.2 Å². The number of aromatic nitrogens is 3. The Balaban J connectivity index is 0.806. The molecule has 4 aliphatic rings. The SMILES string of the molecule is CC(C)O[Si](CCCC1C2C=CC1C1C(=O)N(CCC(=O)NCCOCCC(=O)NCCC(=O)N3Cc4ccccc4-c4c(nnn4CCOCCC(=O)N[C@H](C(=O)N[C@@H](CCCCN)C(N)=O)C(C)C)-c4ccccc43)C(=O)C21)(OC(C)C)OC(C)C. The molecule has 1 saturated heterocycles. The van der Waals surface area contributed by atoms with Crippen molar-refractivity contribution in [1.29, 1.82) is 0 Å². The number of hydrogen-bond donors (Lipinski definition) is 6. The van der Waals surface area contributed by atoms with Gasteiger partial charge in [0.15, 0.2) is 0 Å². The molecule has 2 aliphatic heterocycles. The van der Waals surface area contributed by atoms with E-state index < -0.39 is 50.4 Å². The molecule has 2 aromatic carbocycles. The molecule has 25 heteroatoms. The molecule has 0 spiro atoms. The summed E-state index contributed by atoms with van der Waals surface area (Å²) in [6.07, 6.45) is 7.26. The Bertz CT molecular complexity index is 2880. The number of imide groups is 1. The molecule has 482 valence electrons. The third-order valence-electron chi connectivity index (χ3n) is 16.3. The first-order valence-corrected chi connectivity index (χ1v) is 33.3. The predicted molar refractivity (Wildman–Crippen MR) is 331 cm³/mol. The second-order valence-electron chi connectivity index (χ2n) is 24.3. The van der Waals surface area contributed by atoms with Crippen molar-refractivity contribution in [3.63, 3.8) is 0 Å². The lowest BCUT2D eigenvalue weighted by Crippen LogP contribution is -2.54. The highest BCUT2D eigenvalue weighted by atomic mass is 28.4. The van der Waals surface area contributed by atoms with E-state index in [1.54, 1.807) is 23.4 Å². The van der Waals surface area contributed by atoms with Gasteiger partial charge in [0, 0.05) is 80.8 Å². The highest BCUT2D eigenvalue weighted by molar-refractivity contribution is 6.60. The van der Waals surface area contributed by atoms with Crippen LogP contribution in [0.4, 0.5) is 5.69 Å². The fraction of sp³-hybridized carbons (Fsp3) is 0.619. The number of carbonyl (C=O) groups is 8. The fourth-order valence-corrected chi connectivity index (χ4v) is 15.8. The number of nitrogens with one attached hydrogen (secondary N) is 4. The smallest absolute Gasteiger partial charge is 0.379 e. The largest absolute Gasteiger partial charge is 0.501 e. The lowest BCUT2D eigenvalue weighted by Gasteiger charge is -2.35. The molecule has 2 bridgehead atoms. The van der Waals surface area contributed by atoms with Crippen molar-refractivity contribution in [2.75, 3.05) is 57.5 Å². The van der Waals surface area contributed by atoms with Crippen LogP contribution in [0.5, 0.6) is 0 Å². The van der Waals surface area contributed by atoms with Gasteiger partial charge in [0.25, 0.3) is 0 Å². The van der Waals surface area contributed by atoms with Crippen LogP contribution in [0.2, 0.25) is 6.04 Å². The minimum atomic E-state index is -2.99. The third-order valence-corrected chi connectivity index (χ3v) is 19.7. The Labute approximate surface area is 518 Å². The number of nitrogens with two attached hydrogens (primary N) is 2. The summed E-state index contributed by atoms with van der Waals surface area (Å²) < 4.78 is 32.4. The van der Waals surface area contributed by atoms with E-state index in [4.69, 9.17) is 34.2 Å². The maximum atomic E-state index is 14.1. The summed E-state index contributed by atoms with van der Waals surface area (Å²) in [6.45, 7) is 17.2. The van der Waals surface area contributed by atoms with E-state index in [-0.39, 0.29) is 150 Å². The number of nitrogens with zero attached hydrogens (tertiary/aromatic N) is 5. The van der Waals surface area contributed by atoms with Crippen molar-refractivity contribution in [2.45, 2.75) is 163 Å². The standard InChI is InChI=1S/C63H93N11O13Si/c1-39(2)57(61(80)68-49(60(65)79)20-13-14-28-64)69-53(77)27-34-84-36-32-74-59-44-17-10-9-16-43(44)38-73(50-21-12-11-18-48(50)58(59)70-71-74)54(78)24-29-66-52(76)26-33-83-35-30-67-51(75)25-31-72-62(81)55-46-22-23-47(56(55)63(72)82)45(46)19-15-37-88(85-40(3)4,86-41(5)6)87-42(7)8/h9-12,16-18,21-23,39-42,45-47,49,55-57H,13-15,19-20,24-38,64H2,1-8H3,(H2,65,79)(H,66,76)(H,67,75)(H,68,80)(H,69,77)/t45?,46?,47?,49-,55?,56?,57-/m0/s1. The van der Waals surface area contributed by atoms with E-state index in [0.717, 1.165) is 29.7 Å². The first kappa shape index (κ1) is 68.7. The average Bonchev–Trinajstić information content (AvgIpc) is 1.73. The van der Waals surface area contributed by atoms with Gasteiger partial charge in [-0.1, -0.05) is 73.7 Å². The molecule has 7 rings (SSSR count). The lowest BCUT2D eigenvalue weighted by atomic mass is 9.85. The van der Waals surface area contributed by atoms with Crippen LogP contribution in [0.1, 0.15) is 119 Å². The van der Waals surface area contributed by atoms with Crippen molar-refractivity contribution in [2.24, 2.45) is 47.0 Å². The zero-order chi connectivity index (χ0) is 63.7. The Morgan fingerprint density at radius 1 is 0.682 bits per heavy atom. The molecule has 4 unspecified atom stereocenters. The van der Waals surface area contributed by atoms with Crippen LogP contribution in [0.15, 0.2) is 60.7 Å². The van der Waals surface area contributed by atoms with Crippen molar-refractivity contribution in [3.05, 3.63) is 66.2 Å². The highest BCUT2D eigenvalue weighted by Gasteiger charge is 2.63. The highest BCUT2D eigenvalue weighted by Crippen LogP contribution is 2.57. The number of ether oxygens (including phenoxy) is 2. The molecule has 1 saturated carbocycles. The zero-order valence-electron chi connectivity index (χ0n) is 52.5. The summed E-state index contributed by atoms with van der Waals surface area (Å²) in [5.41, 5.74) is 15.4. The second-order valence-corrected chi connectivity index (χ2v) is 26.9. The second kappa shape index (κ2) is 32.7. The molecule has 2 fully saturated rings. The number of hydrogen-bond acceptors (Lipinski definition) is 16. The third kappa shape index (κ3) is 18.0. The van der Waals surface area contributed by atoms with Gasteiger partial charge in [0.05, 0.1) is 62.7 Å². The molecule has 88 heavy (non-hydrogen) atoms. The van der Waals surface area contributed by atoms with Crippen molar-refractivity contribution in [1.82, 2.24) is 41.2 Å². The van der Waals surface area contributed by atoms with Gasteiger partial charge in [-0.15, -0.1) is 5.10 Å². The molecule has 6 atom stereocenters. The summed E-state index contributed by atoms with van der Waals surface area (Å²) in [7, 11) is -2.99. The van der Waals surface area contributed by atoms with Gasteiger partial charge in [-0.2, -0.15) is 0 Å². The quantitative estimate of drug-likeness (QED) is 0.0200. The van der Waals surface area contributed by atoms with Gasteiger partial charge >= 0.3 is 8.80 Å². The molecular formula is C63H93N11O13Si. The number of likely N-dealkylation sites (tertiary alicyclic amines) is 1. The normalized spacial score (nSPS) is 19.1. The van der Waals surface area contributed by atoms with Crippen LogP contribution in [-0.4, -0.2) is 159 Å². The number of primary amides is 1. The van der Waals surface area contributed by atoms with Gasteiger partial charge in [-0.25, -0.2) is 4.68 Å². The van der Waals surface area contributed by atoms with E-state index in [9.17, 15) is 38.4 Å². The van der Waals surface area contributed by atoms with Crippen LogP contribution >= 0.6 is 0 Å². The number of amides is 8. The molecule has 3 aromatic rings. The van der Waals surface area contributed by atoms with Gasteiger partial charge < -0.3 is 60.4 Å². The molecule has 8 N–H and O–H groups in total. The zero-order valence-corrected chi connectivity index (χ0v) is 53.5. The van der Waals surface area contributed by atoms with Gasteiger partial charge in [-0.3, -0.25) is 43.3 Å². The Morgan fingerprint density at radius 2 is 1.28 bits per heavy atom. The molecule has 1 aromatic heterocycles. The molecule has 24 nitrogen and oxygen atoms in total. The van der Waals surface area contributed by atoms with E-state index in [1.807, 2.05) is 90.1 Å². The number of rotatable bonds is 37. The minimum Gasteiger partial charge on any atom is -0.379 e. The Hall–Kier alpha value is -6.74. The number of unbranched alkanes of at least 4 members (excludes halogenated alkanes) is 1. The molecule has 3 heterocycles. The monoisotopic (exact) mass is 1240 g/mol. The summed E-state index contributed by atoms with van der Waals surface area (Å²) in [4.78, 5) is 109. The van der Waals surface area contributed by atoms with Crippen molar-refractivity contribution < 1.29 is 61.1 Å². The summed E-state index contributed by atoms with van der Waals surface area (Å²) in [6, 6.07) is 14.0. The summed E-state index contributed by atoms with van der Waals surface area (Å²) in [5, 5.41) is 20.2. The van der Waals surface area contributed by atoms with Gasteiger partial charge in [-0.05, 0) is 115 Å². The molecule has 0 radical (unpaired) electrons. The van der Waals surface area contributed by atoms with Gasteiger partial charge in [0.1, 0.15) is 17.8 Å². The Kier molecular flexibility index (Phi) is 25.5. The Morgan fingerprint density at radius 3 is 1.92 bits per heavy atom. The first-order valence-electron chi connectivity index (χ1n) is 31.4. The number of benzene rings is 2. The van der Waals surface area contributed by atoms with Crippen LogP contribution in [0.3, 0.4) is 0 Å². The molecular weight excluding hydrogens is 1150 g/mol. The number of para-hydroxylation sites is 1. The van der Waals surface area contributed by atoms with Crippen molar-refractivity contribution >= 4 is 61.7 Å². The summed E-state index contributed by atoms with van der Waals surface area (Å²) >= 11 is 0. The van der Waals surface area contributed by atoms with E-state index >= 15 is 0 Å². The summed E-state index contributed by atoms with van der Waals surface area (Å²) in [5.74, 6) is -3.82. The molecule has 8 amide bonds.